The number of rotatable bonds is 7. The van der Waals surface area contributed by atoms with Gasteiger partial charge < -0.3 is 15.8 Å². The second kappa shape index (κ2) is 9.05. The maximum absolute atomic E-state index is 14.6. The van der Waals surface area contributed by atoms with E-state index in [2.05, 4.69) is 15.6 Å². The first kappa shape index (κ1) is 24.2. The highest BCUT2D eigenvalue weighted by Crippen LogP contribution is 2.39. The lowest BCUT2D eigenvalue weighted by atomic mass is 9.87. The van der Waals surface area contributed by atoms with Gasteiger partial charge in [-0.05, 0) is 18.6 Å². The van der Waals surface area contributed by atoms with E-state index in [1.807, 2.05) is 13.8 Å². The van der Waals surface area contributed by atoms with Crippen molar-refractivity contribution in [3.8, 4) is 0 Å². The van der Waals surface area contributed by atoms with Crippen LogP contribution in [0.25, 0.3) is 0 Å². The van der Waals surface area contributed by atoms with Crippen LogP contribution in [0.2, 0.25) is 0 Å². The van der Waals surface area contributed by atoms with Crippen molar-refractivity contribution in [2.45, 2.75) is 44.2 Å². The summed E-state index contributed by atoms with van der Waals surface area (Å²) >= 11 is 0. The number of hydrogen-bond donors (Lipinski definition) is 2. The van der Waals surface area contributed by atoms with Gasteiger partial charge >= 0.3 is 5.92 Å². The van der Waals surface area contributed by atoms with Gasteiger partial charge in [0.15, 0.2) is 12.0 Å². The molecule has 1 aromatic carbocycles. The predicted octanol–water partition coefficient (Wildman–Crippen LogP) is 2.76. The Morgan fingerprint density at radius 3 is 2.69 bits per heavy atom. The molecule has 4 rings (SSSR count). The van der Waals surface area contributed by atoms with Crippen molar-refractivity contribution in [1.82, 2.24) is 14.9 Å². The van der Waals surface area contributed by atoms with Crippen LogP contribution in [0, 0.1) is 11.0 Å². The van der Waals surface area contributed by atoms with Crippen molar-refractivity contribution in [3.05, 3.63) is 93.2 Å². The largest absolute Gasteiger partial charge is 0.618 e. The number of amides is 1. The van der Waals surface area contributed by atoms with Gasteiger partial charge in [-0.2, -0.15) is 13.5 Å². The van der Waals surface area contributed by atoms with E-state index in [1.54, 1.807) is 12.1 Å². The van der Waals surface area contributed by atoms with Crippen LogP contribution < -0.4 is 20.9 Å². The molecule has 0 fully saturated rings. The zero-order valence-electron chi connectivity index (χ0n) is 19.1. The van der Waals surface area contributed by atoms with Crippen molar-refractivity contribution >= 4 is 11.7 Å². The summed E-state index contributed by atoms with van der Waals surface area (Å²) in [6.07, 6.45) is 2.60. The summed E-state index contributed by atoms with van der Waals surface area (Å²) in [6, 6.07) is 8.71. The Labute approximate surface area is 199 Å². The molecule has 0 saturated heterocycles. The number of halogens is 3. The highest BCUT2D eigenvalue weighted by Gasteiger charge is 2.43. The van der Waals surface area contributed by atoms with E-state index in [4.69, 9.17) is 0 Å². The number of nitrogens with zero attached hydrogens (tertiary/aromatic N) is 3. The molecule has 0 saturated carbocycles. The van der Waals surface area contributed by atoms with Gasteiger partial charge in [-0.3, -0.25) is 14.2 Å². The number of fused-ring (bicyclic) bond motifs is 1. The lowest BCUT2D eigenvalue weighted by molar-refractivity contribution is -0.624. The predicted molar refractivity (Wildman–Crippen MR) is 121 cm³/mol. The van der Waals surface area contributed by atoms with E-state index in [9.17, 15) is 28.0 Å². The quantitative estimate of drug-likeness (QED) is 0.394. The first-order valence-electron chi connectivity index (χ1n) is 10.9. The minimum absolute atomic E-state index is 0.0586. The molecule has 1 atom stereocenters. The molecular weight excluding hydrogens is 463 g/mol. The van der Waals surface area contributed by atoms with E-state index in [0.29, 0.717) is 11.3 Å². The van der Waals surface area contributed by atoms with E-state index in [0.717, 1.165) is 12.3 Å². The number of alkyl halides is 2. The summed E-state index contributed by atoms with van der Waals surface area (Å²) in [7, 11) is 0. The van der Waals surface area contributed by atoms with Crippen LogP contribution in [0.4, 0.5) is 19.0 Å². The average molecular weight is 487 g/mol. The fourth-order valence-corrected chi connectivity index (χ4v) is 4.23. The van der Waals surface area contributed by atoms with Crippen molar-refractivity contribution in [3.63, 3.8) is 0 Å². The smallest absolute Gasteiger partial charge is 0.347 e. The molecule has 35 heavy (non-hydrogen) atoms. The zero-order chi connectivity index (χ0) is 25.4. The standard InChI is InChI=1S/C24H24F3N5O3/c1-23(2)11-17(21(33)29-12-15-7-3-4-8-16(15)25)32-19(23)13-28-20(22(32)34)30-14-24(26,27)18-9-5-6-10-31(18)35/h3-10,13,17H,11-12,14H2,1-2H3,(H,28,30)(H,29,33)/t17-/m0/s1. The molecule has 0 bridgehead atoms. The molecule has 0 unspecified atom stereocenters. The highest BCUT2D eigenvalue weighted by atomic mass is 19.3. The lowest BCUT2D eigenvalue weighted by Gasteiger charge is -2.19. The van der Waals surface area contributed by atoms with Crippen LogP contribution in [-0.2, 0) is 22.7 Å². The zero-order valence-corrected chi connectivity index (χ0v) is 19.1. The van der Waals surface area contributed by atoms with Gasteiger partial charge in [-0.15, -0.1) is 0 Å². The van der Waals surface area contributed by atoms with E-state index < -0.39 is 46.9 Å². The first-order valence-corrected chi connectivity index (χ1v) is 10.9. The minimum atomic E-state index is -3.59. The van der Waals surface area contributed by atoms with Crippen LogP contribution in [0.3, 0.4) is 0 Å². The van der Waals surface area contributed by atoms with Crippen LogP contribution in [-0.4, -0.2) is 22.0 Å². The molecule has 1 aliphatic rings. The normalized spacial score (nSPS) is 16.5. The number of pyridine rings is 1. The maximum atomic E-state index is 14.6. The number of hydrogen-bond acceptors (Lipinski definition) is 5. The summed E-state index contributed by atoms with van der Waals surface area (Å²) in [5.41, 5.74) is -1.33. The van der Waals surface area contributed by atoms with Crippen molar-refractivity contribution in [1.29, 1.82) is 0 Å². The molecule has 3 aromatic rings. The monoisotopic (exact) mass is 487 g/mol. The number of benzene rings is 1. The fourth-order valence-electron chi connectivity index (χ4n) is 4.23. The number of carbonyl (C=O) groups excluding carboxylic acids is 1. The van der Waals surface area contributed by atoms with Crippen molar-refractivity contribution in [2.24, 2.45) is 0 Å². The van der Waals surface area contributed by atoms with Crippen molar-refractivity contribution < 1.29 is 22.7 Å². The van der Waals surface area contributed by atoms with Crippen LogP contribution in [0.15, 0.2) is 59.7 Å². The van der Waals surface area contributed by atoms with Gasteiger partial charge in [0.05, 0.1) is 6.54 Å². The molecule has 184 valence electrons. The molecule has 8 nitrogen and oxygen atoms in total. The average Bonchev–Trinajstić information content (AvgIpc) is 3.09. The summed E-state index contributed by atoms with van der Waals surface area (Å²) in [4.78, 5) is 30.2. The third kappa shape index (κ3) is 4.71. The Balaban J connectivity index is 1.57. The van der Waals surface area contributed by atoms with Gasteiger partial charge in [-0.25, -0.2) is 9.37 Å². The molecule has 2 aromatic heterocycles. The molecule has 0 spiro atoms. The van der Waals surface area contributed by atoms with Gasteiger partial charge in [-0.1, -0.05) is 32.0 Å². The van der Waals surface area contributed by atoms with Crippen LogP contribution in [0.1, 0.15) is 43.3 Å². The lowest BCUT2D eigenvalue weighted by Crippen LogP contribution is -2.42. The summed E-state index contributed by atoms with van der Waals surface area (Å²) in [6.45, 7) is 2.57. The molecule has 0 aliphatic carbocycles. The molecular formula is C24H24F3N5O3. The van der Waals surface area contributed by atoms with E-state index >= 15 is 0 Å². The summed E-state index contributed by atoms with van der Waals surface area (Å²) in [5.74, 6) is -4.92. The minimum Gasteiger partial charge on any atom is -0.618 e. The molecule has 3 heterocycles. The topological polar surface area (TPSA) is 103 Å². The summed E-state index contributed by atoms with van der Waals surface area (Å²) in [5, 5.41) is 16.7. The number of aromatic nitrogens is 3. The number of nitrogens with one attached hydrogen (secondary N) is 2. The van der Waals surface area contributed by atoms with Gasteiger partial charge in [0, 0.05) is 41.5 Å². The summed E-state index contributed by atoms with van der Waals surface area (Å²) < 4.78 is 44.4. The second-order valence-electron chi connectivity index (χ2n) is 9.05. The van der Waals surface area contributed by atoms with Gasteiger partial charge in [0.2, 0.25) is 5.91 Å². The fraction of sp³-hybridized carbons (Fsp3) is 0.333. The third-order valence-corrected chi connectivity index (χ3v) is 6.10. The molecule has 2 N–H and O–H groups in total. The Hall–Kier alpha value is -3.89. The Bertz CT molecular complexity index is 1330. The Kier molecular flexibility index (Phi) is 6.27. The van der Waals surface area contributed by atoms with Gasteiger partial charge in [0.1, 0.15) is 11.9 Å². The van der Waals surface area contributed by atoms with Gasteiger partial charge in [0.25, 0.3) is 11.3 Å². The molecule has 11 heteroatoms. The molecule has 1 aliphatic heterocycles. The Morgan fingerprint density at radius 2 is 1.97 bits per heavy atom. The van der Waals surface area contributed by atoms with Crippen molar-refractivity contribution in [2.75, 3.05) is 11.9 Å². The van der Waals surface area contributed by atoms with Crippen LogP contribution >= 0.6 is 0 Å². The number of anilines is 1. The third-order valence-electron chi connectivity index (χ3n) is 6.10. The second-order valence-corrected chi connectivity index (χ2v) is 9.05. The number of carbonyl (C=O) groups is 1. The molecule has 1 amide bonds. The van der Waals surface area contributed by atoms with Crippen LogP contribution in [0.5, 0.6) is 0 Å². The van der Waals surface area contributed by atoms with E-state index in [1.165, 1.54) is 35.0 Å². The SMILES string of the molecule is CC1(C)C[C@@H](C(=O)NCc2ccccc2F)n2c1cnc(NCC(F)(F)c1cccc[n+]1[O-])c2=O. The highest BCUT2D eigenvalue weighted by molar-refractivity contribution is 5.81. The Morgan fingerprint density at radius 1 is 1.26 bits per heavy atom. The molecule has 0 radical (unpaired) electrons. The van der Waals surface area contributed by atoms with E-state index in [-0.39, 0.29) is 23.5 Å². The maximum Gasteiger partial charge on any atom is 0.347 e. The first-order chi connectivity index (χ1) is 16.5.